The summed E-state index contributed by atoms with van der Waals surface area (Å²) in [5, 5.41) is 10.5. The van der Waals surface area contributed by atoms with Crippen LogP contribution in [0.15, 0.2) is 48.5 Å². The van der Waals surface area contributed by atoms with Crippen molar-refractivity contribution in [3.05, 3.63) is 59.7 Å². The van der Waals surface area contributed by atoms with Gasteiger partial charge in [-0.25, -0.2) is 4.79 Å². The van der Waals surface area contributed by atoms with Crippen molar-refractivity contribution in [3.63, 3.8) is 0 Å². The van der Waals surface area contributed by atoms with Crippen molar-refractivity contribution < 1.29 is 27.3 Å². The molecule has 0 aliphatic rings. The maximum absolute atomic E-state index is 11.6. The van der Waals surface area contributed by atoms with E-state index < -0.39 is 6.09 Å². The van der Waals surface area contributed by atoms with Crippen molar-refractivity contribution in [1.29, 1.82) is 0 Å². The van der Waals surface area contributed by atoms with Crippen LogP contribution < -0.4 is 28.4 Å². The molecule has 0 radical (unpaired) electrons. The van der Waals surface area contributed by atoms with Crippen LogP contribution in [0.2, 0.25) is 0 Å². The number of benzene rings is 2. The van der Waals surface area contributed by atoms with E-state index in [0.29, 0.717) is 24.7 Å². The summed E-state index contributed by atoms with van der Waals surface area (Å²) in [6, 6.07) is 16.4. The van der Waals surface area contributed by atoms with Crippen LogP contribution in [0.1, 0.15) is 18.1 Å². The first-order valence-electron chi connectivity index (χ1n) is 9.07. The number of pyridine rings is 1. The number of anilines is 2. The molecule has 7 heteroatoms. The number of ether oxygens (including phenoxy) is 1. The lowest BCUT2D eigenvalue weighted by atomic mass is 10.0. The number of quaternary nitrogens is 1. The summed E-state index contributed by atoms with van der Waals surface area (Å²) in [5.41, 5.74) is 3.11. The Morgan fingerprint density at radius 2 is 1.86 bits per heavy atom. The Balaban J connectivity index is 0.00000280. The van der Waals surface area contributed by atoms with Gasteiger partial charge in [0.2, 0.25) is 5.82 Å². The zero-order valence-electron chi connectivity index (χ0n) is 16.3. The molecule has 1 amide bonds. The topological polar surface area (TPSA) is 79.9 Å². The largest absolute Gasteiger partial charge is 1.00 e. The molecule has 2 aromatic carbocycles. The van der Waals surface area contributed by atoms with Gasteiger partial charge < -0.3 is 22.5 Å². The number of aryl methyl sites for hydroxylation is 1. The first-order chi connectivity index (χ1) is 13.1. The van der Waals surface area contributed by atoms with E-state index in [4.69, 9.17) is 4.74 Å². The first kappa shape index (κ1) is 21.5. The van der Waals surface area contributed by atoms with E-state index in [2.05, 4.69) is 58.9 Å². The summed E-state index contributed by atoms with van der Waals surface area (Å²) in [5.74, 6) is 1.45. The molecule has 1 heterocycles. The van der Waals surface area contributed by atoms with Crippen LogP contribution in [0.25, 0.3) is 10.8 Å². The number of hydrogen-bond donors (Lipinski definition) is 3. The van der Waals surface area contributed by atoms with Gasteiger partial charge in [-0.15, -0.1) is 0 Å². The van der Waals surface area contributed by atoms with Crippen LogP contribution in [0.4, 0.5) is 22.1 Å². The third kappa shape index (κ3) is 4.91. The molecule has 0 aliphatic heterocycles. The van der Waals surface area contributed by atoms with E-state index in [1.807, 2.05) is 24.5 Å². The molecule has 0 saturated heterocycles. The second-order valence-corrected chi connectivity index (χ2v) is 6.20. The van der Waals surface area contributed by atoms with Crippen molar-refractivity contribution in [2.24, 2.45) is 0 Å². The van der Waals surface area contributed by atoms with E-state index in [1.54, 1.807) is 6.92 Å². The van der Waals surface area contributed by atoms with Crippen LogP contribution in [-0.2, 0) is 11.3 Å². The average Bonchev–Trinajstić information content (AvgIpc) is 2.68. The van der Waals surface area contributed by atoms with Gasteiger partial charge in [-0.3, -0.25) is 10.6 Å². The summed E-state index contributed by atoms with van der Waals surface area (Å²) in [4.78, 5) is 16.2. The predicted molar refractivity (Wildman–Crippen MR) is 108 cm³/mol. The summed E-state index contributed by atoms with van der Waals surface area (Å²) in [6.07, 6.45) is -0.478. The van der Waals surface area contributed by atoms with Gasteiger partial charge in [0.1, 0.15) is 11.5 Å². The highest BCUT2D eigenvalue weighted by Crippen LogP contribution is 2.24. The highest BCUT2D eigenvalue weighted by atomic mass is 35.5. The Kier molecular flexibility index (Phi) is 7.61. The fourth-order valence-electron chi connectivity index (χ4n) is 3.03. The number of halogens is 1. The number of aromatic nitrogens is 1. The van der Waals surface area contributed by atoms with E-state index in [1.165, 1.54) is 21.9 Å². The minimum atomic E-state index is -0.478. The Labute approximate surface area is 171 Å². The molecule has 3 rings (SSSR count). The Morgan fingerprint density at radius 3 is 2.57 bits per heavy atom. The van der Waals surface area contributed by atoms with Crippen molar-refractivity contribution in [3.8, 4) is 0 Å². The SMILES string of the molecule is CCOC(=O)Nc1ccc(NCc2ccc(C)c3ccccc23)nc1[NH2+]C.[Cl-]. The zero-order valence-corrected chi connectivity index (χ0v) is 17.0. The molecule has 0 bridgehead atoms. The smallest absolute Gasteiger partial charge is 0.411 e. The molecular weight excluding hydrogens is 376 g/mol. The summed E-state index contributed by atoms with van der Waals surface area (Å²) < 4.78 is 4.92. The van der Waals surface area contributed by atoms with Crippen LogP contribution >= 0.6 is 0 Å². The molecule has 0 spiro atoms. The van der Waals surface area contributed by atoms with E-state index in [-0.39, 0.29) is 12.4 Å². The third-order valence-corrected chi connectivity index (χ3v) is 4.40. The minimum Gasteiger partial charge on any atom is -1.00 e. The quantitative estimate of drug-likeness (QED) is 0.564. The molecule has 0 atom stereocenters. The van der Waals surface area contributed by atoms with Crippen LogP contribution in [-0.4, -0.2) is 24.7 Å². The normalized spacial score (nSPS) is 10.2. The van der Waals surface area contributed by atoms with Gasteiger partial charge >= 0.3 is 6.09 Å². The molecule has 3 aromatic rings. The highest BCUT2D eigenvalue weighted by Gasteiger charge is 2.12. The van der Waals surface area contributed by atoms with Crippen molar-refractivity contribution in [2.45, 2.75) is 20.4 Å². The van der Waals surface area contributed by atoms with Gasteiger partial charge in [-0.2, -0.15) is 4.98 Å². The molecule has 0 fully saturated rings. The predicted octanol–water partition coefficient (Wildman–Crippen LogP) is 0.552. The number of fused-ring (bicyclic) bond motifs is 1. The molecule has 4 N–H and O–H groups in total. The second kappa shape index (κ2) is 9.92. The lowest BCUT2D eigenvalue weighted by Gasteiger charge is -2.12. The molecule has 0 aliphatic carbocycles. The molecular formula is C21H25ClN4O2. The highest BCUT2D eigenvalue weighted by molar-refractivity contribution is 5.89. The number of carbonyl (C=O) groups excluding carboxylic acids is 1. The molecule has 28 heavy (non-hydrogen) atoms. The first-order valence-corrected chi connectivity index (χ1v) is 9.07. The average molecular weight is 401 g/mol. The monoisotopic (exact) mass is 400 g/mol. The number of amides is 1. The number of carbonyl (C=O) groups is 1. The molecule has 148 valence electrons. The number of nitrogens with zero attached hydrogens (tertiary/aromatic N) is 1. The van der Waals surface area contributed by atoms with E-state index >= 15 is 0 Å². The van der Waals surface area contributed by atoms with Gasteiger partial charge in [-0.1, -0.05) is 36.4 Å². The maximum Gasteiger partial charge on any atom is 0.411 e. The van der Waals surface area contributed by atoms with Crippen molar-refractivity contribution in [1.82, 2.24) is 4.98 Å². The van der Waals surface area contributed by atoms with Crippen LogP contribution in [0.5, 0.6) is 0 Å². The van der Waals surface area contributed by atoms with Gasteiger partial charge in [0.05, 0.1) is 13.7 Å². The number of rotatable bonds is 6. The Bertz CT molecular complexity index is 962. The molecule has 1 aromatic heterocycles. The van der Waals surface area contributed by atoms with Gasteiger partial charge in [0.15, 0.2) is 0 Å². The maximum atomic E-state index is 11.6. The molecule has 6 nitrogen and oxygen atoms in total. The summed E-state index contributed by atoms with van der Waals surface area (Å²) >= 11 is 0. The van der Waals surface area contributed by atoms with Gasteiger partial charge in [0.25, 0.3) is 0 Å². The van der Waals surface area contributed by atoms with Gasteiger partial charge in [-0.05, 0) is 47.9 Å². The Hall–Kier alpha value is -2.83. The lowest BCUT2D eigenvalue weighted by molar-refractivity contribution is -0.542. The van der Waals surface area contributed by atoms with Crippen LogP contribution in [0.3, 0.4) is 0 Å². The number of nitrogens with two attached hydrogens (primary N) is 1. The summed E-state index contributed by atoms with van der Waals surface area (Å²) in [7, 11) is 1.88. The molecule has 0 unspecified atom stereocenters. The van der Waals surface area contributed by atoms with Crippen molar-refractivity contribution in [2.75, 3.05) is 24.3 Å². The van der Waals surface area contributed by atoms with E-state index in [9.17, 15) is 4.79 Å². The third-order valence-electron chi connectivity index (χ3n) is 4.40. The van der Waals surface area contributed by atoms with E-state index in [0.717, 1.165) is 5.82 Å². The van der Waals surface area contributed by atoms with Crippen molar-refractivity contribution >= 4 is 34.2 Å². The summed E-state index contributed by atoms with van der Waals surface area (Å²) in [6.45, 7) is 4.89. The van der Waals surface area contributed by atoms with Gasteiger partial charge in [0, 0.05) is 6.54 Å². The fraction of sp³-hybridized carbons (Fsp3) is 0.238. The standard InChI is InChI=1S/C21H24N4O2.ClH/c1-4-27-21(26)24-18-11-12-19(25-20(18)22-3)23-13-15-10-9-14(2)16-7-5-6-8-17(15)16;/h5-12H,4,13H2,1-3H3,(H,24,26)(H2,22,23,25);1H. The fourth-order valence-corrected chi connectivity index (χ4v) is 3.03. The molecule has 0 saturated carbocycles. The van der Waals surface area contributed by atoms with Crippen LogP contribution in [0, 0.1) is 6.92 Å². The minimum absolute atomic E-state index is 0. The lowest BCUT2D eigenvalue weighted by Crippen LogP contribution is -3.00. The number of hydrogen-bond acceptors (Lipinski definition) is 4. The Morgan fingerprint density at radius 1 is 1.11 bits per heavy atom. The second-order valence-electron chi connectivity index (χ2n) is 6.20. The number of nitrogens with one attached hydrogen (secondary N) is 2. The zero-order chi connectivity index (χ0) is 19.2.